The van der Waals surface area contributed by atoms with E-state index in [-0.39, 0.29) is 6.61 Å². The summed E-state index contributed by atoms with van der Waals surface area (Å²) in [4.78, 5) is 0. The lowest BCUT2D eigenvalue weighted by Gasteiger charge is -2.13. The average molecular weight is 252 g/mol. The zero-order chi connectivity index (χ0) is 13.1. The molecule has 0 bridgehead atoms. The summed E-state index contributed by atoms with van der Waals surface area (Å²) in [5.74, 6) is 1.22. The van der Waals surface area contributed by atoms with Crippen LogP contribution in [0, 0.1) is 0 Å². The van der Waals surface area contributed by atoms with Crippen molar-refractivity contribution in [3.05, 3.63) is 11.3 Å². The SMILES string of the molecule is COc1c(CCO)c(C(C)C)nn1C1CCCC1. The molecule has 102 valence electrons. The Balaban J connectivity index is 2.41. The summed E-state index contributed by atoms with van der Waals surface area (Å²) in [6.07, 6.45) is 5.56. The topological polar surface area (TPSA) is 47.3 Å². The number of hydrogen-bond acceptors (Lipinski definition) is 3. The van der Waals surface area contributed by atoms with E-state index < -0.39 is 0 Å². The molecule has 18 heavy (non-hydrogen) atoms. The molecule has 1 N–H and O–H groups in total. The van der Waals surface area contributed by atoms with Crippen molar-refractivity contribution >= 4 is 0 Å². The molecule has 0 aliphatic heterocycles. The Morgan fingerprint density at radius 2 is 2.06 bits per heavy atom. The average Bonchev–Trinajstić information content (AvgIpc) is 2.95. The van der Waals surface area contributed by atoms with E-state index in [1.54, 1.807) is 7.11 Å². The van der Waals surface area contributed by atoms with Gasteiger partial charge in [-0.2, -0.15) is 5.10 Å². The zero-order valence-corrected chi connectivity index (χ0v) is 11.6. The molecule has 4 nitrogen and oxygen atoms in total. The predicted octanol–water partition coefficient (Wildman–Crippen LogP) is 2.67. The summed E-state index contributed by atoms with van der Waals surface area (Å²) in [7, 11) is 1.70. The highest BCUT2D eigenvalue weighted by atomic mass is 16.5. The van der Waals surface area contributed by atoms with Gasteiger partial charge in [0.1, 0.15) is 0 Å². The quantitative estimate of drug-likeness (QED) is 0.876. The van der Waals surface area contributed by atoms with Gasteiger partial charge in [0.2, 0.25) is 5.88 Å². The summed E-state index contributed by atoms with van der Waals surface area (Å²) in [6.45, 7) is 4.43. The molecule has 2 rings (SSSR count). The third-order valence-corrected chi connectivity index (χ3v) is 3.76. The van der Waals surface area contributed by atoms with Crippen LogP contribution < -0.4 is 4.74 Å². The van der Waals surface area contributed by atoms with E-state index in [2.05, 4.69) is 18.5 Å². The Morgan fingerprint density at radius 3 is 2.56 bits per heavy atom. The Bertz CT molecular complexity index is 393. The number of aromatic nitrogens is 2. The molecule has 1 saturated carbocycles. The first-order valence-corrected chi connectivity index (χ1v) is 6.95. The van der Waals surface area contributed by atoms with E-state index in [1.807, 2.05) is 0 Å². The summed E-state index contributed by atoms with van der Waals surface area (Å²) >= 11 is 0. The van der Waals surface area contributed by atoms with Gasteiger partial charge in [-0.25, -0.2) is 4.68 Å². The second-order valence-corrected chi connectivity index (χ2v) is 5.38. The molecule has 0 saturated heterocycles. The van der Waals surface area contributed by atoms with Crippen LogP contribution in [0.4, 0.5) is 0 Å². The van der Waals surface area contributed by atoms with E-state index in [1.165, 1.54) is 25.7 Å². The van der Waals surface area contributed by atoms with Gasteiger partial charge in [-0.15, -0.1) is 0 Å². The molecule has 1 aliphatic carbocycles. The van der Waals surface area contributed by atoms with Crippen molar-refractivity contribution in [3.63, 3.8) is 0 Å². The Kier molecular flexibility index (Phi) is 4.27. The monoisotopic (exact) mass is 252 g/mol. The second kappa shape index (κ2) is 5.74. The van der Waals surface area contributed by atoms with Crippen molar-refractivity contribution in [2.24, 2.45) is 0 Å². The molecule has 1 aliphatic rings. The van der Waals surface area contributed by atoms with Crippen molar-refractivity contribution in [2.45, 2.75) is 57.9 Å². The minimum atomic E-state index is 0.145. The van der Waals surface area contributed by atoms with Crippen LogP contribution in [0.1, 0.15) is 62.7 Å². The maximum Gasteiger partial charge on any atom is 0.215 e. The van der Waals surface area contributed by atoms with E-state index in [0.29, 0.717) is 18.4 Å². The first-order chi connectivity index (χ1) is 8.69. The summed E-state index contributed by atoms with van der Waals surface area (Å²) in [5, 5.41) is 14.0. The number of methoxy groups -OCH3 is 1. The van der Waals surface area contributed by atoms with E-state index in [9.17, 15) is 5.11 Å². The summed E-state index contributed by atoms with van der Waals surface area (Å²) < 4.78 is 7.62. The maximum atomic E-state index is 9.23. The van der Waals surface area contributed by atoms with E-state index in [0.717, 1.165) is 17.1 Å². The highest BCUT2D eigenvalue weighted by Crippen LogP contribution is 2.36. The van der Waals surface area contributed by atoms with Crippen LogP contribution in [0.5, 0.6) is 5.88 Å². The van der Waals surface area contributed by atoms with Crippen LogP contribution in [0.25, 0.3) is 0 Å². The molecule has 0 radical (unpaired) electrons. The highest BCUT2D eigenvalue weighted by Gasteiger charge is 2.26. The van der Waals surface area contributed by atoms with Crippen molar-refractivity contribution < 1.29 is 9.84 Å². The molecule has 1 fully saturated rings. The fraction of sp³-hybridized carbons (Fsp3) is 0.786. The smallest absolute Gasteiger partial charge is 0.215 e. The van der Waals surface area contributed by atoms with Crippen LogP contribution in [0.2, 0.25) is 0 Å². The molecule has 1 heterocycles. The van der Waals surface area contributed by atoms with Crippen molar-refractivity contribution in [1.29, 1.82) is 0 Å². The van der Waals surface area contributed by atoms with Gasteiger partial charge in [-0.1, -0.05) is 26.7 Å². The van der Waals surface area contributed by atoms with Gasteiger partial charge < -0.3 is 9.84 Å². The highest BCUT2D eigenvalue weighted by molar-refractivity contribution is 5.34. The number of hydrogen-bond donors (Lipinski definition) is 1. The van der Waals surface area contributed by atoms with Crippen LogP contribution >= 0.6 is 0 Å². The zero-order valence-electron chi connectivity index (χ0n) is 11.6. The molecule has 0 spiro atoms. The number of aliphatic hydroxyl groups is 1. The Morgan fingerprint density at radius 1 is 1.39 bits per heavy atom. The minimum absolute atomic E-state index is 0.145. The van der Waals surface area contributed by atoms with Crippen LogP contribution in [0.3, 0.4) is 0 Å². The van der Waals surface area contributed by atoms with Crippen LogP contribution in [-0.4, -0.2) is 28.6 Å². The third-order valence-electron chi connectivity index (χ3n) is 3.76. The van der Waals surface area contributed by atoms with Gasteiger partial charge in [0.15, 0.2) is 0 Å². The lowest BCUT2D eigenvalue weighted by atomic mass is 10.0. The normalized spacial score (nSPS) is 16.7. The standard InChI is InChI=1S/C14H24N2O2/c1-10(2)13-12(8-9-17)14(18-3)16(15-13)11-6-4-5-7-11/h10-11,17H,4-9H2,1-3H3. The number of ether oxygens (including phenoxy) is 1. The maximum absolute atomic E-state index is 9.23. The fourth-order valence-corrected chi connectivity index (χ4v) is 2.89. The first-order valence-electron chi connectivity index (χ1n) is 6.95. The van der Waals surface area contributed by atoms with Gasteiger partial charge >= 0.3 is 0 Å². The number of rotatable bonds is 5. The molecule has 0 unspecified atom stereocenters. The van der Waals surface area contributed by atoms with Crippen LogP contribution in [-0.2, 0) is 6.42 Å². The van der Waals surface area contributed by atoms with Gasteiger partial charge in [0, 0.05) is 18.6 Å². The summed E-state index contributed by atoms with van der Waals surface area (Å²) in [6, 6.07) is 0.477. The minimum Gasteiger partial charge on any atom is -0.481 e. The largest absolute Gasteiger partial charge is 0.481 e. The van der Waals surface area contributed by atoms with Crippen molar-refractivity contribution in [1.82, 2.24) is 9.78 Å². The number of aliphatic hydroxyl groups excluding tert-OH is 1. The van der Waals surface area contributed by atoms with E-state index >= 15 is 0 Å². The Labute approximate surface area is 109 Å². The van der Waals surface area contributed by atoms with Gasteiger partial charge in [-0.05, 0) is 18.8 Å². The molecule has 0 aromatic carbocycles. The lowest BCUT2D eigenvalue weighted by Crippen LogP contribution is -2.09. The van der Waals surface area contributed by atoms with Gasteiger partial charge in [0.25, 0.3) is 0 Å². The number of nitrogens with zero attached hydrogens (tertiary/aromatic N) is 2. The summed E-state index contributed by atoms with van der Waals surface area (Å²) in [5.41, 5.74) is 2.16. The molecular weight excluding hydrogens is 228 g/mol. The molecule has 0 atom stereocenters. The lowest BCUT2D eigenvalue weighted by molar-refractivity contribution is 0.292. The molecule has 4 heteroatoms. The molecule has 1 aromatic rings. The van der Waals surface area contributed by atoms with Crippen molar-refractivity contribution in [3.8, 4) is 5.88 Å². The molecule has 0 amide bonds. The third kappa shape index (κ3) is 2.39. The molecular formula is C14H24N2O2. The predicted molar refractivity (Wildman–Crippen MR) is 71.2 cm³/mol. The van der Waals surface area contributed by atoms with Gasteiger partial charge in [0.05, 0.1) is 18.8 Å². The second-order valence-electron chi connectivity index (χ2n) is 5.38. The fourth-order valence-electron chi connectivity index (χ4n) is 2.89. The molecule has 1 aromatic heterocycles. The van der Waals surface area contributed by atoms with Crippen molar-refractivity contribution in [2.75, 3.05) is 13.7 Å². The van der Waals surface area contributed by atoms with E-state index in [4.69, 9.17) is 9.84 Å². The van der Waals surface area contributed by atoms with Gasteiger partial charge in [-0.3, -0.25) is 0 Å². The first kappa shape index (κ1) is 13.4. The van der Waals surface area contributed by atoms with Crippen LogP contribution in [0.15, 0.2) is 0 Å². The Hall–Kier alpha value is -1.03.